The highest BCUT2D eigenvalue weighted by atomic mass is 35.5. The molecule has 5 N–H and O–H groups in total. The average Bonchev–Trinajstić information content (AvgIpc) is 2.69. The van der Waals surface area contributed by atoms with E-state index in [4.69, 9.17) is 25.8 Å². The van der Waals surface area contributed by atoms with Crippen LogP contribution in [-0.2, 0) is 14.2 Å². The van der Waals surface area contributed by atoms with Gasteiger partial charge in [0.25, 0.3) is 0 Å². The number of carbonyl (C=O) groups excluding carboxylic acids is 1. The molecule has 0 aliphatic carbocycles. The number of alkyl halides is 1. The maximum Gasteiger partial charge on any atom is 0.319 e. The van der Waals surface area contributed by atoms with Gasteiger partial charge in [-0.25, -0.2) is 4.79 Å². The largest absolute Gasteiger partial charge is 0.387 e. The van der Waals surface area contributed by atoms with E-state index in [1.165, 1.54) is 7.11 Å². The lowest BCUT2D eigenvalue weighted by Crippen LogP contribution is -2.65. The van der Waals surface area contributed by atoms with E-state index in [2.05, 4.69) is 5.32 Å². The van der Waals surface area contributed by atoms with Crippen LogP contribution >= 0.6 is 11.6 Å². The number of rotatable bonds is 12. The second-order valence-electron chi connectivity index (χ2n) is 6.54. The molecule has 1 aliphatic heterocycles. The van der Waals surface area contributed by atoms with Crippen molar-refractivity contribution in [2.75, 3.05) is 39.3 Å². The topological polar surface area (TPSA) is 141 Å². The van der Waals surface area contributed by atoms with Crippen LogP contribution in [0.15, 0.2) is 0 Å². The normalized spacial score (nSPS) is 28.8. The van der Waals surface area contributed by atoms with E-state index in [0.29, 0.717) is 19.4 Å². The number of ether oxygens (including phenoxy) is 3. The Morgan fingerprint density at radius 1 is 1.21 bits per heavy atom. The van der Waals surface area contributed by atoms with Gasteiger partial charge in [-0.15, -0.1) is 11.6 Å². The third-order valence-electron chi connectivity index (χ3n) is 4.38. The van der Waals surface area contributed by atoms with E-state index in [9.17, 15) is 25.2 Å². The van der Waals surface area contributed by atoms with E-state index in [1.807, 2.05) is 6.92 Å². The number of nitrogens with zero attached hydrogens (tertiary/aromatic N) is 1. The van der Waals surface area contributed by atoms with Crippen molar-refractivity contribution in [3.63, 3.8) is 0 Å². The van der Waals surface area contributed by atoms with Crippen LogP contribution in [0.2, 0.25) is 0 Å². The highest BCUT2D eigenvalue weighted by molar-refractivity contribution is 6.18. The van der Waals surface area contributed by atoms with Crippen LogP contribution in [0.3, 0.4) is 0 Å². The van der Waals surface area contributed by atoms with Crippen LogP contribution in [0, 0.1) is 0 Å². The number of amides is 2. The number of hydrogen-bond donors (Lipinski definition) is 5. The first-order valence-corrected chi connectivity index (χ1v) is 10.0. The summed E-state index contributed by atoms with van der Waals surface area (Å²) in [5, 5.41) is 43.8. The van der Waals surface area contributed by atoms with Crippen LogP contribution in [-0.4, -0.2) is 108 Å². The number of unbranched alkanes of at least 4 members (excludes halogenated alkanes) is 1. The van der Waals surface area contributed by atoms with Crippen molar-refractivity contribution in [3.05, 3.63) is 0 Å². The summed E-state index contributed by atoms with van der Waals surface area (Å²) in [5.41, 5.74) is 0. The molecule has 1 unspecified atom stereocenters. The molecule has 1 fully saturated rings. The van der Waals surface area contributed by atoms with Crippen molar-refractivity contribution < 1.29 is 39.4 Å². The van der Waals surface area contributed by atoms with Crippen LogP contribution in [0.4, 0.5) is 4.79 Å². The van der Waals surface area contributed by atoms with Crippen LogP contribution in [0.5, 0.6) is 0 Å². The van der Waals surface area contributed by atoms with Gasteiger partial charge in [-0.2, -0.15) is 0 Å². The van der Waals surface area contributed by atoms with Gasteiger partial charge in [-0.1, -0.05) is 13.3 Å². The Kier molecular flexibility index (Phi) is 12.2. The Bertz CT molecular complexity index is 447. The fraction of sp³-hybridized carbons (Fsp3) is 0.941. The molecule has 11 heteroatoms. The molecule has 0 aromatic heterocycles. The Balaban J connectivity index is 2.89. The van der Waals surface area contributed by atoms with E-state index >= 15 is 0 Å². The second-order valence-corrected chi connectivity index (χ2v) is 6.92. The molecule has 28 heavy (non-hydrogen) atoms. The molecule has 166 valence electrons. The lowest BCUT2D eigenvalue weighted by Gasteiger charge is -2.44. The van der Waals surface area contributed by atoms with Gasteiger partial charge in [0.05, 0.1) is 0 Å². The third-order valence-corrected chi connectivity index (χ3v) is 4.57. The Morgan fingerprint density at radius 3 is 2.54 bits per heavy atom. The SMILES string of the molecule is CCCCO[C@H]1O[C@H](C(O)N(CCCOC)C(=O)NCCCl)[C@@H](O)[C@H](O)[C@H]1O. The number of hydrogen-bond acceptors (Lipinski definition) is 8. The van der Waals surface area contributed by atoms with Crippen LogP contribution in [0.25, 0.3) is 0 Å². The summed E-state index contributed by atoms with van der Waals surface area (Å²) in [6, 6.07) is -0.607. The molecule has 1 heterocycles. The molecular formula is C17H33ClN2O8. The maximum absolute atomic E-state index is 12.4. The van der Waals surface area contributed by atoms with Gasteiger partial charge < -0.3 is 40.0 Å². The summed E-state index contributed by atoms with van der Waals surface area (Å²) in [5.74, 6) is 0.189. The first-order valence-electron chi connectivity index (χ1n) is 9.47. The monoisotopic (exact) mass is 428 g/mol. The minimum atomic E-state index is -1.62. The van der Waals surface area contributed by atoms with Crippen LogP contribution < -0.4 is 5.32 Å². The molecule has 10 nitrogen and oxygen atoms in total. The molecule has 0 bridgehead atoms. The lowest BCUT2D eigenvalue weighted by atomic mass is 9.97. The predicted octanol–water partition coefficient (Wildman–Crippen LogP) is -0.784. The summed E-state index contributed by atoms with van der Waals surface area (Å²) in [7, 11) is 1.51. The van der Waals surface area contributed by atoms with E-state index in [1.54, 1.807) is 0 Å². The molecule has 1 rings (SSSR count). The van der Waals surface area contributed by atoms with Gasteiger partial charge in [0.1, 0.15) is 24.4 Å². The molecule has 0 radical (unpaired) electrons. The van der Waals surface area contributed by atoms with Gasteiger partial charge in [-0.05, 0) is 12.8 Å². The summed E-state index contributed by atoms with van der Waals surface area (Å²) < 4.78 is 15.9. The highest BCUT2D eigenvalue weighted by Gasteiger charge is 2.48. The van der Waals surface area contributed by atoms with E-state index in [-0.39, 0.29) is 25.6 Å². The smallest absolute Gasteiger partial charge is 0.319 e. The standard InChI is InChI=1S/C17H33ClN2O8/c1-3-4-10-27-16-13(23)11(21)12(22)14(28-16)15(24)20(8-5-9-26-2)17(25)19-7-6-18/h11-16,21-24H,3-10H2,1-2H3,(H,19,25)/t11-,12-,13+,14-,15?,16-/m0/s1. The van der Waals surface area contributed by atoms with Crippen molar-refractivity contribution in [1.29, 1.82) is 0 Å². The third kappa shape index (κ3) is 7.27. The molecule has 1 aliphatic rings. The number of carbonyl (C=O) groups is 1. The summed E-state index contributed by atoms with van der Waals surface area (Å²) in [6.45, 7) is 2.88. The summed E-state index contributed by atoms with van der Waals surface area (Å²) in [6.07, 6.45) is -6.94. The van der Waals surface area contributed by atoms with Crippen molar-refractivity contribution in [1.82, 2.24) is 10.2 Å². The summed E-state index contributed by atoms with van der Waals surface area (Å²) in [4.78, 5) is 13.5. The Labute approximate surface area is 170 Å². The zero-order valence-corrected chi connectivity index (χ0v) is 17.1. The van der Waals surface area contributed by atoms with Crippen molar-refractivity contribution in [3.8, 4) is 0 Å². The Hall–Kier alpha value is -0.720. The number of halogens is 1. The van der Waals surface area contributed by atoms with Gasteiger partial charge in [-0.3, -0.25) is 4.90 Å². The second kappa shape index (κ2) is 13.5. The quantitative estimate of drug-likeness (QED) is 0.155. The number of methoxy groups -OCH3 is 1. The molecule has 1 saturated heterocycles. The fourth-order valence-corrected chi connectivity index (χ4v) is 2.86. The van der Waals surface area contributed by atoms with Gasteiger partial charge in [0.15, 0.2) is 12.5 Å². The predicted molar refractivity (Wildman–Crippen MR) is 101 cm³/mol. The number of nitrogens with one attached hydrogen (secondary N) is 1. The molecule has 0 aromatic carbocycles. The number of aliphatic hydroxyl groups excluding tert-OH is 4. The molecule has 0 spiro atoms. The molecule has 0 aromatic rings. The van der Waals surface area contributed by atoms with Gasteiger partial charge in [0, 0.05) is 39.3 Å². The van der Waals surface area contributed by atoms with Crippen LogP contribution in [0.1, 0.15) is 26.2 Å². The van der Waals surface area contributed by atoms with Crippen molar-refractivity contribution >= 4 is 17.6 Å². The molecule has 2 amide bonds. The molecular weight excluding hydrogens is 396 g/mol. The zero-order chi connectivity index (χ0) is 21.1. The number of aliphatic hydroxyl groups is 4. The lowest BCUT2D eigenvalue weighted by molar-refractivity contribution is -0.318. The Morgan fingerprint density at radius 2 is 1.93 bits per heavy atom. The van der Waals surface area contributed by atoms with Gasteiger partial charge >= 0.3 is 6.03 Å². The zero-order valence-electron chi connectivity index (χ0n) is 16.4. The van der Waals surface area contributed by atoms with E-state index in [0.717, 1.165) is 11.3 Å². The number of urea groups is 1. The fourth-order valence-electron chi connectivity index (χ4n) is 2.77. The van der Waals surface area contributed by atoms with Crippen molar-refractivity contribution in [2.24, 2.45) is 0 Å². The first kappa shape index (κ1) is 25.3. The minimum absolute atomic E-state index is 0.107. The average molecular weight is 429 g/mol. The molecule has 0 saturated carbocycles. The van der Waals surface area contributed by atoms with Gasteiger partial charge in [0.2, 0.25) is 0 Å². The van der Waals surface area contributed by atoms with E-state index < -0.39 is 43.0 Å². The maximum atomic E-state index is 12.4. The minimum Gasteiger partial charge on any atom is -0.387 e. The molecule has 6 atom stereocenters. The van der Waals surface area contributed by atoms with Crippen molar-refractivity contribution in [2.45, 2.75) is 63.1 Å². The summed E-state index contributed by atoms with van der Waals surface area (Å²) >= 11 is 5.59. The first-order chi connectivity index (χ1) is 13.4. The highest BCUT2D eigenvalue weighted by Crippen LogP contribution is 2.26.